The highest BCUT2D eigenvalue weighted by atomic mass is 16.2. The molecule has 3 amide bonds. The maximum Gasteiger partial charge on any atom is 0.262 e. The minimum atomic E-state index is -0.484. The Hall–Kier alpha value is -3.74. The van der Waals surface area contributed by atoms with Crippen molar-refractivity contribution >= 4 is 34.3 Å². The molecule has 0 unspecified atom stereocenters. The second-order valence-corrected chi connectivity index (χ2v) is 7.32. The number of aromatic amines is 1. The number of hydrogen-bond acceptors (Lipinski definition) is 4. The molecule has 1 aromatic heterocycles. The van der Waals surface area contributed by atoms with Gasteiger partial charge in [-0.15, -0.1) is 0 Å². The quantitative estimate of drug-likeness (QED) is 0.674. The van der Waals surface area contributed by atoms with E-state index in [4.69, 9.17) is 0 Å². The number of aryl methyl sites for hydroxylation is 1. The summed E-state index contributed by atoms with van der Waals surface area (Å²) in [6.07, 6.45) is 2.64. The van der Waals surface area contributed by atoms with Gasteiger partial charge in [-0.05, 0) is 49.1 Å². The Morgan fingerprint density at radius 3 is 2.38 bits per heavy atom. The second kappa shape index (κ2) is 6.41. The topological polar surface area (TPSA) is 99.3 Å². The first-order chi connectivity index (χ1) is 14.0. The third-order valence-corrected chi connectivity index (χ3v) is 5.55. The summed E-state index contributed by atoms with van der Waals surface area (Å²) in [7, 11) is 0. The molecule has 3 aromatic rings. The number of nitrogens with zero attached hydrogens (tertiary/aromatic N) is 1. The minimum absolute atomic E-state index is 0.0838. The van der Waals surface area contributed by atoms with Crippen molar-refractivity contribution in [3.63, 3.8) is 0 Å². The molecule has 0 bridgehead atoms. The number of carbonyl (C=O) groups excluding carboxylic acids is 3. The fourth-order valence-electron chi connectivity index (χ4n) is 4.20. The average Bonchev–Trinajstić information content (AvgIpc) is 3.29. The van der Waals surface area contributed by atoms with Crippen molar-refractivity contribution in [3.05, 3.63) is 75.1 Å². The van der Waals surface area contributed by atoms with Crippen LogP contribution in [0.3, 0.4) is 0 Å². The first kappa shape index (κ1) is 17.4. The van der Waals surface area contributed by atoms with Gasteiger partial charge < -0.3 is 10.3 Å². The number of imide groups is 1. The van der Waals surface area contributed by atoms with E-state index in [1.165, 1.54) is 0 Å². The summed E-state index contributed by atoms with van der Waals surface area (Å²) in [5, 5.41) is 3.69. The van der Waals surface area contributed by atoms with Crippen LogP contribution in [-0.4, -0.2) is 34.2 Å². The van der Waals surface area contributed by atoms with Crippen LogP contribution in [0, 0.1) is 0 Å². The van der Waals surface area contributed by atoms with Crippen LogP contribution in [0.15, 0.2) is 47.3 Å². The molecule has 0 fully saturated rings. The number of aromatic nitrogens is 1. The average molecular weight is 387 g/mol. The molecule has 1 aliphatic carbocycles. The predicted octanol–water partition coefficient (Wildman–Crippen LogP) is 2.25. The van der Waals surface area contributed by atoms with Gasteiger partial charge in [0.05, 0.1) is 16.6 Å². The number of amides is 3. The number of pyridine rings is 1. The highest BCUT2D eigenvalue weighted by molar-refractivity contribution is 6.22. The first-order valence-corrected chi connectivity index (χ1v) is 9.46. The van der Waals surface area contributed by atoms with E-state index in [0.717, 1.165) is 40.7 Å². The van der Waals surface area contributed by atoms with Gasteiger partial charge in [-0.3, -0.25) is 24.1 Å². The maximum atomic E-state index is 12.5. The Bertz CT molecular complexity index is 1240. The van der Waals surface area contributed by atoms with E-state index in [-0.39, 0.29) is 12.1 Å². The highest BCUT2D eigenvalue weighted by Gasteiger charge is 2.36. The lowest BCUT2D eigenvalue weighted by Crippen LogP contribution is -2.37. The van der Waals surface area contributed by atoms with E-state index < -0.39 is 17.7 Å². The molecule has 7 heteroatoms. The van der Waals surface area contributed by atoms with Crippen LogP contribution in [0.1, 0.15) is 38.3 Å². The van der Waals surface area contributed by atoms with Crippen molar-refractivity contribution in [2.24, 2.45) is 0 Å². The Morgan fingerprint density at radius 2 is 1.66 bits per heavy atom. The molecule has 2 aromatic carbocycles. The number of hydrogen-bond donors (Lipinski definition) is 2. The van der Waals surface area contributed by atoms with Gasteiger partial charge in [0.2, 0.25) is 5.91 Å². The molecule has 29 heavy (non-hydrogen) atoms. The SMILES string of the molecule is O=C(CN1C(=O)c2ccccc2C1=O)Nc1ccc2c3c(c(=O)[nH]c2c1)CCC3. The molecular formula is C22H17N3O4. The molecule has 2 aliphatic rings. The van der Waals surface area contributed by atoms with Gasteiger partial charge in [0.15, 0.2) is 0 Å². The van der Waals surface area contributed by atoms with E-state index in [1.807, 2.05) is 6.07 Å². The van der Waals surface area contributed by atoms with Gasteiger partial charge in [-0.25, -0.2) is 0 Å². The molecule has 0 spiro atoms. The zero-order valence-corrected chi connectivity index (χ0v) is 15.5. The number of anilines is 1. The Kier molecular flexibility index (Phi) is 3.84. The number of rotatable bonds is 3. The molecule has 1 aliphatic heterocycles. The van der Waals surface area contributed by atoms with Gasteiger partial charge in [-0.1, -0.05) is 18.2 Å². The summed E-state index contributed by atoms with van der Waals surface area (Å²) in [4.78, 5) is 53.3. The van der Waals surface area contributed by atoms with Crippen LogP contribution in [0.4, 0.5) is 5.69 Å². The highest BCUT2D eigenvalue weighted by Crippen LogP contribution is 2.28. The van der Waals surface area contributed by atoms with Crippen LogP contribution in [0.25, 0.3) is 10.9 Å². The van der Waals surface area contributed by atoms with Crippen molar-refractivity contribution in [1.29, 1.82) is 0 Å². The van der Waals surface area contributed by atoms with Crippen LogP contribution < -0.4 is 10.9 Å². The Balaban J connectivity index is 1.37. The van der Waals surface area contributed by atoms with E-state index in [1.54, 1.807) is 36.4 Å². The zero-order chi connectivity index (χ0) is 20.1. The second-order valence-electron chi connectivity index (χ2n) is 7.32. The lowest BCUT2D eigenvalue weighted by molar-refractivity contribution is -0.116. The molecular weight excluding hydrogens is 370 g/mol. The summed E-state index contributed by atoms with van der Waals surface area (Å²) in [5.41, 5.74) is 3.61. The molecule has 0 atom stereocenters. The van der Waals surface area contributed by atoms with Crippen molar-refractivity contribution in [2.45, 2.75) is 19.3 Å². The smallest absolute Gasteiger partial charge is 0.262 e. The number of H-pyrrole nitrogens is 1. The van der Waals surface area contributed by atoms with Crippen LogP contribution in [-0.2, 0) is 17.6 Å². The summed E-state index contributed by atoms with van der Waals surface area (Å²) >= 11 is 0. The van der Waals surface area contributed by atoms with Gasteiger partial charge in [0.25, 0.3) is 17.4 Å². The van der Waals surface area contributed by atoms with Crippen molar-refractivity contribution in [2.75, 3.05) is 11.9 Å². The van der Waals surface area contributed by atoms with Crippen LogP contribution in [0.2, 0.25) is 0 Å². The van der Waals surface area contributed by atoms with Crippen LogP contribution >= 0.6 is 0 Å². The monoisotopic (exact) mass is 387 g/mol. The minimum Gasteiger partial charge on any atom is -0.324 e. The largest absolute Gasteiger partial charge is 0.324 e. The molecule has 0 radical (unpaired) electrons. The van der Waals surface area contributed by atoms with E-state index in [0.29, 0.717) is 22.3 Å². The third-order valence-electron chi connectivity index (χ3n) is 5.55. The standard InChI is InChI=1S/C22H17N3O4/c26-19(11-25-21(28)16-4-1-2-5-17(16)22(25)29)23-12-8-9-14-13-6-3-7-15(13)20(27)24-18(14)10-12/h1-2,4-5,8-10H,3,6-7,11H2,(H,23,26)(H,24,27). The molecule has 7 nitrogen and oxygen atoms in total. The van der Waals surface area contributed by atoms with Crippen LogP contribution in [0.5, 0.6) is 0 Å². The summed E-state index contributed by atoms with van der Waals surface area (Å²) in [6.45, 7) is -0.370. The number of carbonyl (C=O) groups is 3. The van der Waals surface area contributed by atoms with Gasteiger partial charge >= 0.3 is 0 Å². The number of fused-ring (bicyclic) bond motifs is 4. The van der Waals surface area contributed by atoms with Gasteiger partial charge in [0.1, 0.15) is 6.54 Å². The molecule has 2 heterocycles. The molecule has 2 N–H and O–H groups in total. The maximum absolute atomic E-state index is 12.5. The molecule has 144 valence electrons. The fraction of sp³-hybridized carbons (Fsp3) is 0.182. The lowest BCUT2D eigenvalue weighted by Gasteiger charge is -2.14. The van der Waals surface area contributed by atoms with Gasteiger partial charge in [0, 0.05) is 16.6 Å². The normalized spacial score (nSPS) is 15.0. The Labute approximate surface area is 165 Å². The molecule has 0 saturated carbocycles. The first-order valence-electron chi connectivity index (χ1n) is 9.46. The molecule has 0 saturated heterocycles. The summed E-state index contributed by atoms with van der Waals surface area (Å²) in [5.74, 6) is -1.43. The number of benzene rings is 2. The fourth-order valence-corrected chi connectivity index (χ4v) is 4.20. The van der Waals surface area contributed by atoms with E-state index in [2.05, 4.69) is 10.3 Å². The van der Waals surface area contributed by atoms with E-state index >= 15 is 0 Å². The van der Waals surface area contributed by atoms with Crippen molar-refractivity contribution in [1.82, 2.24) is 9.88 Å². The molecule has 5 rings (SSSR count). The zero-order valence-electron chi connectivity index (χ0n) is 15.5. The van der Waals surface area contributed by atoms with E-state index in [9.17, 15) is 19.2 Å². The summed E-state index contributed by atoms with van der Waals surface area (Å²) in [6, 6.07) is 11.9. The predicted molar refractivity (Wildman–Crippen MR) is 107 cm³/mol. The third kappa shape index (κ3) is 2.74. The lowest BCUT2D eigenvalue weighted by atomic mass is 10.1. The number of nitrogens with one attached hydrogen (secondary N) is 2. The van der Waals surface area contributed by atoms with Crippen molar-refractivity contribution < 1.29 is 14.4 Å². The van der Waals surface area contributed by atoms with Gasteiger partial charge in [-0.2, -0.15) is 0 Å². The van der Waals surface area contributed by atoms with Crippen molar-refractivity contribution in [3.8, 4) is 0 Å². The Morgan fingerprint density at radius 1 is 0.966 bits per heavy atom. The summed E-state index contributed by atoms with van der Waals surface area (Å²) < 4.78 is 0.